The lowest BCUT2D eigenvalue weighted by Crippen LogP contribution is -1.97. The van der Waals surface area contributed by atoms with Crippen LogP contribution in [0.5, 0.6) is 0 Å². The molecule has 0 saturated heterocycles. The van der Waals surface area contributed by atoms with Crippen molar-refractivity contribution in [2.75, 3.05) is 20.5 Å². The fourth-order valence-electron chi connectivity index (χ4n) is 0.419. The van der Waals surface area contributed by atoms with Crippen LogP contribution in [0.1, 0.15) is 6.42 Å². The van der Waals surface area contributed by atoms with Crippen LogP contribution in [0.2, 0.25) is 0 Å². The molecule has 0 atom stereocenters. The summed E-state index contributed by atoms with van der Waals surface area (Å²) < 4.78 is 21.5. The lowest BCUT2D eigenvalue weighted by atomic mass is 10.4. The quantitative estimate of drug-likeness (QED) is 0.322. The summed E-state index contributed by atoms with van der Waals surface area (Å²) in [5.41, 5.74) is 0. The van der Waals surface area contributed by atoms with Gasteiger partial charge in [-0.2, -0.15) is 0 Å². The van der Waals surface area contributed by atoms with Crippen molar-refractivity contribution in [3.05, 3.63) is 9.84 Å². The van der Waals surface area contributed by atoms with Crippen molar-refractivity contribution in [1.82, 2.24) is 0 Å². The Morgan fingerprint density at radius 1 is 1.64 bits per heavy atom. The van der Waals surface area contributed by atoms with Gasteiger partial charge in [0.05, 0.1) is 6.61 Å². The van der Waals surface area contributed by atoms with Crippen molar-refractivity contribution in [1.29, 1.82) is 0 Å². The van der Waals surface area contributed by atoms with Gasteiger partial charge in [-0.1, -0.05) is 0 Å². The summed E-state index contributed by atoms with van der Waals surface area (Å²) >= 11 is 1.97. The Bertz CT molecular complexity index is 118. The predicted octanol–water partition coefficient (Wildman–Crippen LogP) is 2.17. The molecule has 0 saturated carbocycles. The highest BCUT2D eigenvalue weighted by atomic mass is 127. The molecule has 0 radical (unpaired) electrons. The van der Waals surface area contributed by atoms with Gasteiger partial charge in [-0.05, 0) is 22.6 Å². The zero-order valence-corrected chi connectivity index (χ0v) is 8.34. The summed E-state index contributed by atoms with van der Waals surface area (Å²) in [6.07, 6.45) is 1.67. The summed E-state index contributed by atoms with van der Waals surface area (Å²) in [6, 6.07) is 0. The third kappa shape index (κ3) is 8.02. The van der Waals surface area contributed by atoms with E-state index < -0.39 is 0 Å². The molecular weight excluding hydrogens is 266 g/mol. The van der Waals surface area contributed by atoms with Crippen molar-refractivity contribution in [3.8, 4) is 0 Å². The summed E-state index contributed by atoms with van der Waals surface area (Å²) in [5, 5.41) is 0. The molecule has 5 heteroatoms. The highest BCUT2D eigenvalue weighted by Gasteiger charge is 1.92. The fraction of sp³-hybridized carbons (Fsp3) is 0.667. The maximum Gasteiger partial charge on any atom is 0.146 e. The van der Waals surface area contributed by atoms with E-state index in [1.165, 1.54) is 0 Å². The van der Waals surface area contributed by atoms with Crippen molar-refractivity contribution < 1.29 is 18.9 Å². The largest absolute Gasteiger partial charge is 0.359 e. The third-order valence-electron chi connectivity index (χ3n) is 0.859. The van der Waals surface area contributed by atoms with Gasteiger partial charge in [-0.15, -0.1) is 0 Å². The molecule has 3 nitrogen and oxygen atoms in total. The molecule has 11 heavy (non-hydrogen) atoms. The lowest BCUT2D eigenvalue weighted by Gasteiger charge is -2.00. The van der Waals surface area contributed by atoms with Crippen molar-refractivity contribution in [2.24, 2.45) is 0 Å². The molecule has 0 amide bonds. The van der Waals surface area contributed by atoms with Crippen LogP contribution < -0.4 is 0 Å². The van der Waals surface area contributed by atoms with E-state index in [0.29, 0.717) is 13.0 Å². The first-order chi connectivity index (χ1) is 5.31. The van der Waals surface area contributed by atoms with Crippen LogP contribution in [-0.4, -0.2) is 20.5 Å². The molecule has 0 aromatic rings. The van der Waals surface area contributed by atoms with Crippen LogP contribution in [-0.2, 0) is 14.4 Å². The van der Waals surface area contributed by atoms with Gasteiger partial charge in [0.1, 0.15) is 13.1 Å². The standard InChI is InChI=1S/C6H10FIO3/c1-9-5-10-3-2-6(8)4-11-7/h4H,2-3,5H2,1H3. The van der Waals surface area contributed by atoms with Crippen LogP contribution in [0, 0.1) is 0 Å². The minimum atomic E-state index is 0.264. The molecule has 0 N–H and O–H groups in total. The van der Waals surface area contributed by atoms with E-state index >= 15 is 0 Å². The Labute approximate surface area is 78.5 Å². The van der Waals surface area contributed by atoms with Crippen molar-refractivity contribution in [2.45, 2.75) is 6.42 Å². The van der Waals surface area contributed by atoms with Gasteiger partial charge in [0.15, 0.2) is 0 Å². The molecule has 0 fully saturated rings. The molecule has 0 aliphatic carbocycles. The lowest BCUT2D eigenvalue weighted by molar-refractivity contribution is -0.0629. The number of hydrogen-bond acceptors (Lipinski definition) is 3. The molecular formula is C6H10FIO3. The molecule has 0 aliphatic rings. The molecule has 0 aliphatic heterocycles. The van der Waals surface area contributed by atoms with Crippen LogP contribution in [0.3, 0.4) is 0 Å². The van der Waals surface area contributed by atoms with E-state index in [2.05, 4.69) is 9.68 Å². The van der Waals surface area contributed by atoms with Gasteiger partial charge in [-0.25, -0.2) is 0 Å². The highest BCUT2D eigenvalue weighted by Crippen LogP contribution is 2.10. The van der Waals surface area contributed by atoms with Crippen LogP contribution in [0.15, 0.2) is 9.84 Å². The Morgan fingerprint density at radius 3 is 2.91 bits per heavy atom. The summed E-state index contributed by atoms with van der Waals surface area (Å²) in [4.78, 5) is 3.30. The smallest absolute Gasteiger partial charge is 0.146 e. The molecule has 0 spiro atoms. The van der Waals surface area contributed by atoms with E-state index in [4.69, 9.17) is 4.74 Å². The average molecular weight is 276 g/mol. The number of methoxy groups -OCH3 is 1. The van der Waals surface area contributed by atoms with E-state index in [0.717, 1.165) is 9.84 Å². The Hall–Kier alpha value is 0.120. The first-order valence-electron chi connectivity index (χ1n) is 3.00. The fourth-order valence-corrected chi connectivity index (χ4v) is 0.735. The second kappa shape index (κ2) is 8.22. The summed E-state index contributed by atoms with van der Waals surface area (Å²) in [7, 11) is 1.55. The Morgan fingerprint density at radius 2 is 2.36 bits per heavy atom. The van der Waals surface area contributed by atoms with E-state index in [1.54, 1.807) is 7.11 Å². The molecule has 0 bridgehead atoms. The molecule has 0 heterocycles. The molecule has 0 aromatic carbocycles. The second-order valence-corrected chi connectivity index (χ2v) is 3.10. The number of ether oxygens (including phenoxy) is 2. The highest BCUT2D eigenvalue weighted by molar-refractivity contribution is 14.1. The number of rotatable bonds is 6. The van der Waals surface area contributed by atoms with E-state index in [9.17, 15) is 4.53 Å². The zero-order valence-electron chi connectivity index (χ0n) is 6.18. The van der Waals surface area contributed by atoms with Gasteiger partial charge >= 0.3 is 0 Å². The Balaban J connectivity index is 3.17. The predicted molar refractivity (Wildman–Crippen MR) is 46.7 cm³/mol. The van der Waals surface area contributed by atoms with Crippen LogP contribution >= 0.6 is 22.6 Å². The van der Waals surface area contributed by atoms with Crippen molar-refractivity contribution >= 4 is 22.6 Å². The number of halogens is 2. The summed E-state index contributed by atoms with van der Waals surface area (Å²) in [5.74, 6) is 0. The summed E-state index contributed by atoms with van der Waals surface area (Å²) in [6.45, 7) is 0.770. The van der Waals surface area contributed by atoms with Gasteiger partial charge < -0.3 is 14.4 Å². The molecule has 0 unspecified atom stereocenters. The van der Waals surface area contributed by atoms with Crippen LogP contribution in [0.25, 0.3) is 0 Å². The number of hydrogen-bond donors (Lipinski definition) is 0. The van der Waals surface area contributed by atoms with Gasteiger partial charge in [0.2, 0.25) is 0 Å². The Kier molecular flexibility index (Phi) is 8.31. The first kappa shape index (κ1) is 11.1. The van der Waals surface area contributed by atoms with Crippen molar-refractivity contribution in [3.63, 3.8) is 0 Å². The topological polar surface area (TPSA) is 27.7 Å². The second-order valence-electron chi connectivity index (χ2n) is 1.72. The van der Waals surface area contributed by atoms with Gasteiger partial charge in [0.25, 0.3) is 0 Å². The first-order valence-corrected chi connectivity index (χ1v) is 4.07. The van der Waals surface area contributed by atoms with Gasteiger partial charge in [0, 0.05) is 21.6 Å². The monoisotopic (exact) mass is 276 g/mol. The third-order valence-corrected chi connectivity index (χ3v) is 1.65. The minimum absolute atomic E-state index is 0.264. The maximum atomic E-state index is 11.2. The van der Waals surface area contributed by atoms with Crippen LogP contribution in [0.4, 0.5) is 4.53 Å². The molecule has 0 aromatic heterocycles. The van der Waals surface area contributed by atoms with Gasteiger partial charge in [-0.3, -0.25) is 0 Å². The maximum absolute atomic E-state index is 11.2. The average Bonchev–Trinajstić information content (AvgIpc) is 1.99. The molecule has 66 valence electrons. The SMILES string of the molecule is COCOCCC(I)=COF. The molecule has 0 rings (SSSR count). The van der Waals surface area contributed by atoms with E-state index in [-0.39, 0.29) is 6.79 Å². The van der Waals surface area contributed by atoms with E-state index in [1.807, 2.05) is 22.6 Å². The zero-order chi connectivity index (χ0) is 8.53. The normalized spacial score (nSPS) is 11.7. The minimum Gasteiger partial charge on any atom is -0.359 e.